The second-order valence-corrected chi connectivity index (χ2v) is 5.46. The van der Waals surface area contributed by atoms with E-state index in [1.807, 2.05) is 30.3 Å². The van der Waals surface area contributed by atoms with Crippen LogP contribution in [0.3, 0.4) is 0 Å². The lowest BCUT2D eigenvalue weighted by Crippen LogP contribution is -2.39. The van der Waals surface area contributed by atoms with Crippen LogP contribution in [-0.4, -0.2) is 35.1 Å². The van der Waals surface area contributed by atoms with E-state index in [1.165, 1.54) is 6.92 Å². The molecule has 0 spiro atoms. The highest BCUT2D eigenvalue weighted by atomic mass is 32.2. The van der Waals surface area contributed by atoms with E-state index in [-0.39, 0.29) is 11.8 Å². The molecule has 1 aliphatic heterocycles. The van der Waals surface area contributed by atoms with Gasteiger partial charge in [-0.1, -0.05) is 42.1 Å². The quantitative estimate of drug-likeness (QED) is 0.830. The van der Waals surface area contributed by atoms with E-state index in [9.17, 15) is 14.4 Å². The Morgan fingerprint density at radius 2 is 2.10 bits per heavy atom. The molecule has 21 heavy (non-hydrogen) atoms. The van der Waals surface area contributed by atoms with Crippen LogP contribution in [0.5, 0.6) is 0 Å². The number of nitrogens with one attached hydrogen (secondary N) is 1. The van der Waals surface area contributed by atoms with Gasteiger partial charge in [0.2, 0.25) is 0 Å². The average Bonchev–Trinajstić information content (AvgIpc) is 2.92. The largest absolute Gasteiger partial charge is 0.458 e. The Balaban J connectivity index is 1.77. The van der Waals surface area contributed by atoms with E-state index in [1.54, 1.807) is 0 Å². The second-order valence-electron chi connectivity index (χ2n) is 4.47. The zero-order chi connectivity index (χ0) is 15.2. The van der Waals surface area contributed by atoms with E-state index in [0.717, 1.165) is 17.3 Å². The molecule has 1 fully saturated rings. The molecule has 0 bridgehead atoms. The van der Waals surface area contributed by atoms with Crippen LogP contribution in [0.25, 0.3) is 0 Å². The summed E-state index contributed by atoms with van der Waals surface area (Å²) in [6.07, 6.45) is -1.01. The summed E-state index contributed by atoms with van der Waals surface area (Å²) in [4.78, 5) is 34.5. The Labute approximate surface area is 126 Å². The van der Waals surface area contributed by atoms with Gasteiger partial charge in [0.25, 0.3) is 5.24 Å². The fourth-order valence-corrected chi connectivity index (χ4v) is 2.43. The molecule has 2 rings (SSSR count). The van der Waals surface area contributed by atoms with Crippen molar-refractivity contribution in [2.24, 2.45) is 0 Å². The van der Waals surface area contributed by atoms with Crippen LogP contribution in [0.2, 0.25) is 0 Å². The van der Waals surface area contributed by atoms with Crippen LogP contribution in [0.1, 0.15) is 12.5 Å². The van der Waals surface area contributed by atoms with E-state index in [0.29, 0.717) is 5.75 Å². The number of ether oxygens (including phenoxy) is 2. The maximum absolute atomic E-state index is 11.7. The summed E-state index contributed by atoms with van der Waals surface area (Å²) in [5.41, 5.74) is 0.851. The zero-order valence-electron chi connectivity index (χ0n) is 11.4. The van der Waals surface area contributed by atoms with E-state index in [4.69, 9.17) is 9.47 Å². The van der Waals surface area contributed by atoms with Gasteiger partial charge in [0, 0.05) is 5.75 Å². The van der Waals surface area contributed by atoms with Crippen molar-refractivity contribution >= 4 is 28.9 Å². The first-order chi connectivity index (χ1) is 10.1. The summed E-state index contributed by atoms with van der Waals surface area (Å²) in [5, 5.41) is 2.19. The highest BCUT2D eigenvalue weighted by Crippen LogP contribution is 2.14. The Morgan fingerprint density at radius 3 is 2.71 bits per heavy atom. The van der Waals surface area contributed by atoms with E-state index < -0.39 is 24.1 Å². The first-order valence-corrected chi connectivity index (χ1v) is 7.39. The van der Waals surface area contributed by atoms with Gasteiger partial charge in [0.05, 0.1) is 0 Å². The summed E-state index contributed by atoms with van der Waals surface area (Å²) in [7, 11) is 0. The highest BCUT2D eigenvalue weighted by molar-refractivity contribution is 8.14. The molecule has 1 heterocycles. The van der Waals surface area contributed by atoms with Gasteiger partial charge in [0.1, 0.15) is 12.6 Å². The summed E-state index contributed by atoms with van der Waals surface area (Å²) < 4.78 is 10.1. The average molecular weight is 309 g/mol. The van der Waals surface area contributed by atoms with Crippen molar-refractivity contribution < 1.29 is 23.9 Å². The van der Waals surface area contributed by atoms with Gasteiger partial charge >= 0.3 is 11.9 Å². The Bertz CT molecular complexity index is 533. The maximum Gasteiger partial charge on any atom is 0.347 e. The number of hydrogen-bond acceptors (Lipinski definition) is 6. The molecule has 0 aromatic heterocycles. The number of benzene rings is 1. The van der Waals surface area contributed by atoms with Crippen LogP contribution in [0.4, 0.5) is 4.79 Å². The van der Waals surface area contributed by atoms with Crippen molar-refractivity contribution in [2.45, 2.75) is 25.7 Å². The molecule has 1 N–H and O–H groups in total. The minimum absolute atomic E-state index is 0.123. The van der Waals surface area contributed by atoms with Gasteiger partial charge < -0.3 is 14.8 Å². The molecule has 1 aromatic carbocycles. The molecule has 1 aliphatic rings. The molecule has 6 nitrogen and oxygen atoms in total. The van der Waals surface area contributed by atoms with Crippen LogP contribution in [0, 0.1) is 0 Å². The van der Waals surface area contributed by atoms with Gasteiger partial charge in [-0.3, -0.25) is 4.79 Å². The number of hydrogen-bond donors (Lipinski definition) is 1. The molecule has 2 unspecified atom stereocenters. The minimum atomic E-state index is -1.01. The number of rotatable bonds is 5. The standard InChI is InChI=1S/C14H15NO5S/c1-9(20-13(17)11-8-21-14(18)15-11)12(16)19-7-10-5-3-2-4-6-10/h2-6,9,11H,7-8H2,1H3,(H,15,18). The molecule has 2 atom stereocenters. The molecular weight excluding hydrogens is 294 g/mol. The molecule has 0 saturated carbocycles. The summed E-state index contributed by atoms with van der Waals surface area (Å²) in [6.45, 7) is 1.56. The Kier molecular flexibility index (Phi) is 5.21. The summed E-state index contributed by atoms with van der Waals surface area (Å²) in [6, 6.07) is 8.50. The predicted molar refractivity (Wildman–Crippen MR) is 76.6 cm³/mol. The molecule has 7 heteroatoms. The Morgan fingerprint density at radius 1 is 1.38 bits per heavy atom. The van der Waals surface area contributed by atoms with E-state index >= 15 is 0 Å². The van der Waals surface area contributed by atoms with Crippen LogP contribution in [0.15, 0.2) is 30.3 Å². The maximum atomic E-state index is 11.7. The summed E-state index contributed by atoms with van der Waals surface area (Å²) in [5.74, 6) is -0.939. The van der Waals surface area contributed by atoms with Gasteiger partial charge in [-0.2, -0.15) is 0 Å². The Hall–Kier alpha value is -2.02. The van der Waals surface area contributed by atoms with Crippen molar-refractivity contribution in [3.8, 4) is 0 Å². The molecule has 0 radical (unpaired) electrons. The minimum Gasteiger partial charge on any atom is -0.458 e. The number of esters is 2. The molecular formula is C14H15NO5S. The van der Waals surface area contributed by atoms with E-state index in [2.05, 4.69) is 5.32 Å². The highest BCUT2D eigenvalue weighted by Gasteiger charge is 2.31. The molecule has 1 amide bonds. The predicted octanol–water partition coefficient (Wildman–Crippen LogP) is 1.49. The number of carbonyl (C=O) groups excluding carboxylic acids is 3. The van der Waals surface area contributed by atoms with Crippen LogP contribution < -0.4 is 5.32 Å². The molecule has 1 aromatic rings. The van der Waals surface area contributed by atoms with Gasteiger partial charge in [-0.15, -0.1) is 0 Å². The lowest BCUT2D eigenvalue weighted by atomic mass is 10.2. The van der Waals surface area contributed by atoms with Gasteiger partial charge in [0.15, 0.2) is 6.10 Å². The first kappa shape index (κ1) is 15.4. The van der Waals surface area contributed by atoms with Crippen LogP contribution >= 0.6 is 11.8 Å². The third-order valence-electron chi connectivity index (χ3n) is 2.81. The van der Waals surface area contributed by atoms with Crippen molar-refractivity contribution in [3.63, 3.8) is 0 Å². The number of thioether (sulfide) groups is 1. The first-order valence-electron chi connectivity index (χ1n) is 6.40. The monoisotopic (exact) mass is 309 g/mol. The normalized spacial score (nSPS) is 18.7. The molecule has 0 aliphatic carbocycles. The third kappa shape index (κ3) is 4.49. The molecule has 112 valence electrons. The van der Waals surface area contributed by atoms with Gasteiger partial charge in [-0.05, 0) is 12.5 Å². The van der Waals surface area contributed by atoms with Crippen molar-refractivity contribution in [2.75, 3.05) is 5.75 Å². The fourth-order valence-electron chi connectivity index (χ4n) is 1.66. The lowest BCUT2D eigenvalue weighted by Gasteiger charge is -2.15. The number of carbonyl (C=O) groups is 3. The third-order valence-corrected chi connectivity index (χ3v) is 3.69. The van der Waals surface area contributed by atoms with Crippen molar-refractivity contribution in [1.29, 1.82) is 0 Å². The van der Waals surface area contributed by atoms with Gasteiger partial charge in [-0.25, -0.2) is 9.59 Å². The number of amides is 1. The lowest BCUT2D eigenvalue weighted by molar-refractivity contribution is -0.168. The van der Waals surface area contributed by atoms with Crippen LogP contribution in [-0.2, 0) is 25.7 Å². The molecule has 1 saturated heterocycles. The SMILES string of the molecule is CC(OC(=O)C1CSC(=O)N1)C(=O)OCc1ccccc1. The zero-order valence-corrected chi connectivity index (χ0v) is 12.2. The smallest absolute Gasteiger partial charge is 0.347 e. The van der Waals surface area contributed by atoms with Crippen molar-refractivity contribution in [1.82, 2.24) is 5.32 Å². The second kappa shape index (κ2) is 7.12. The van der Waals surface area contributed by atoms with Crippen molar-refractivity contribution in [3.05, 3.63) is 35.9 Å². The fraction of sp³-hybridized carbons (Fsp3) is 0.357. The topological polar surface area (TPSA) is 81.7 Å². The summed E-state index contributed by atoms with van der Waals surface area (Å²) >= 11 is 1.01.